The Bertz CT molecular complexity index is 643. The van der Waals surface area contributed by atoms with Gasteiger partial charge in [-0.15, -0.1) is 0 Å². The Balaban J connectivity index is 1.90. The molecule has 0 unspecified atom stereocenters. The molecule has 0 aliphatic carbocycles. The predicted molar refractivity (Wildman–Crippen MR) is 77.5 cm³/mol. The Kier molecular flexibility index (Phi) is 3.12. The van der Waals surface area contributed by atoms with Crippen molar-refractivity contribution in [1.29, 1.82) is 0 Å². The van der Waals surface area contributed by atoms with E-state index < -0.39 is 0 Å². The second-order valence-electron chi connectivity index (χ2n) is 4.97. The van der Waals surface area contributed by atoms with Crippen LogP contribution in [0.15, 0.2) is 48.5 Å². The van der Waals surface area contributed by atoms with Crippen LogP contribution in [0.1, 0.15) is 17.2 Å². The third-order valence-electron chi connectivity index (χ3n) is 3.60. The van der Waals surface area contributed by atoms with Crippen molar-refractivity contribution in [2.45, 2.75) is 12.6 Å². The Morgan fingerprint density at radius 1 is 1.25 bits per heavy atom. The molecule has 1 aliphatic heterocycles. The topological polar surface area (TPSA) is 72.4 Å². The second kappa shape index (κ2) is 4.94. The third kappa shape index (κ3) is 2.23. The summed E-state index contributed by atoms with van der Waals surface area (Å²) in [5.41, 5.74) is 9.24. The first-order chi connectivity index (χ1) is 9.65. The molecule has 1 heterocycles. The number of non-ortho nitro benzene ring substituents is 1. The van der Waals surface area contributed by atoms with Gasteiger partial charge in [-0.2, -0.15) is 0 Å². The monoisotopic (exact) mass is 269 g/mol. The van der Waals surface area contributed by atoms with Crippen LogP contribution in [0.25, 0.3) is 0 Å². The standard InChI is InChI=1S/C15H15N3O2/c16-14-10-17(9-11-4-2-1-3-5-11)15-7-6-12(18(19)20)8-13(14)15/h1-8,14H,9-10,16H2/t14-/m0/s1. The second-order valence-corrected chi connectivity index (χ2v) is 4.97. The van der Waals surface area contributed by atoms with E-state index >= 15 is 0 Å². The fourth-order valence-corrected chi connectivity index (χ4v) is 2.63. The summed E-state index contributed by atoms with van der Waals surface area (Å²) in [5.74, 6) is 0. The van der Waals surface area contributed by atoms with E-state index in [0.29, 0.717) is 6.54 Å². The fourth-order valence-electron chi connectivity index (χ4n) is 2.63. The minimum absolute atomic E-state index is 0.0979. The summed E-state index contributed by atoms with van der Waals surface area (Å²) in [6.07, 6.45) is 0. The lowest BCUT2D eigenvalue weighted by molar-refractivity contribution is -0.384. The van der Waals surface area contributed by atoms with Crippen molar-refractivity contribution >= 4 is 11.4 Å². The molecule has 0 aromatic heterocycles. The molecule has 5 heteroatoms. The van der Waals surface area contributed by atoms with Gasteiger partial charge >= 0.3 is 0 Å². The van der Waals surface area contributed by atoms with Crippen molar-refractivity contribution in [3.63, 3.8) is 0 Å². The highest BCUT2D eigenvalue weighted by molar-refractivity contribution is 5.63. The summed E-state index contributed by atoms with van der Waals surface area (Å²) < 4.78 is 0. The van der Waals surface area contributed by atoms with Crippen molar-refractivity contribution in [3.8, 4) is 0 Å². The van der Waals surface area contributed by atoms with Gasteiger partial charge in [-0.1, -0.05) is 30.3 Å². The number of nitrogens with two attached hydrogens (primary N) is 1. The van der Waals surface area contributed by atoms with Gasteiger partial charge in [0.1, 0.15) is 0 Å². The van der Waals surface area contributed by atoms with Gasteiger partial charge in [0.2, 0.25) is 0 Å². The van der Waals surface area contributed by atoms with Gasteiger partial charge in [-0.3, -0.25) is 10.1 Å². The molecule has 1 atom stereocenters. The molecule has 0 saturated carbocycles. The normalized spacial score (nSPS) is 17.1. The van der Waals surface area contributed by atoms with Gasteiger partial charge in [-0.25, -0.2) is 0 Å². The molecule has 2 N–H and O–H groups in total. The van der Waals surface area contributed by atoms with Crippen molar-refractivity contribution in [1.82, 2.24) is 0 Å². The van der Waals surface area contributed by atoms with Crippen molar-refractivity contribution in [3.05, 3.63) is 69.8 Å². The molecule has 5 nitrogen and oxygen atoms in total. The fraction of sp³-hybridized carbons (Fsp3) is 0.200. The van der Waals surface area contributed by atoms with E-state index in [9.17, 15) is 10.1 Å². The van der Waals surface area contributed by atoms with Crippen LogP contribution in [0.5, 0.6) is 0 Å². The SMILES string of the molecule is N[C@H]1CN(Cc2ccccc2)c2ccc([N+](=O)[O-])cc21. The zero-order valence-corrected chi connectivity index (χ0v) is 10.9. The maximum atomic E-state index is 10.8. The molecule has 20 heavy (non-hydrogen) atoms. The van der Waals surface area contributed by atoms with Crippen LogP contribution in [0.4, 0.5) is 11.4 Å². The molecule has 0 spiro atoms. The van der Waals surface area contributed by atoms with Gasteiger partial charge in [-0.05, 0) is 11.6 Å². The van der Waals surface area contributed by atoms with Gasteiger partial charge in [0.05, 0.1) is 4.92 Å². The Morgan fingerprint density at radius 3 is 2.70 bits per heavy atom. The quantitative estimate of drug-likeness (QED) is 0.686. The smallest absolute Gasteiger partial charge is 0.269 e. The van der Waals surface area contributed by atoms with Crippen LogP contribution < -0.4 is 10.6 Å². The molecule has 2 aromatic rings. The highest BCUT2D eigenvalue weighted by Gasteiger charge is 2.27. The number of benzene rings is 2. The number of fused-ring (bicyclic) bond motifs is 1. The first-order valence-corrected chi connectivity index (χ1v) is 6.48. The lowest BCUT2D eigenvalue weighted by Crippen LogP contribution is -2.23. The van der Waals surface area contributed by atoms with E-state index in [2.05, 4.69) is 17.0 Å². The maximum Gasteiger partial charge on any atom is 0.269 e. The van der Waals surface area contributed by atoms with Crippen LogP contribution in [-0.4, -0.2) is 11.5 Å². The molecule has 0 bridgehead atoms. The zero-order chi connectivity index (χ0) is 14.1. The van der Waals surface area contributed by atoms with Crippen LogP contribution >= 0.6 is 0 Å². The highest BCUT2D eigenvalue weighted by Crippen LogP contribution is 2.36. The lowest BCUT2D eigenvalue weighted by atomic mass is 10.1. The van der Waals surface area contributed by atoms with Crippen LogP contribution in [0.3, 0.4) is 0 Å². The van der Waals surface area contributed by atoms with Crippen LogP contribution in [0.2, 0.25) is 0 Å². The Hall–Kier alpha value is -2.40. The Labute approximate surface area is 116 Å². The van der Waals surface area contributed by atoms with Gasteiger partial charge in [0.15, 0.2) is 0 Å². The summed E-state index contributed by atoms with van der Waals surface area (Å²) in [6.45, 7) is 1.45. The van der Waals surface area contributed by atoms with Gasteiger partial charge in [0.25, 0.3) is 5.69 Å². The van der Waals surface area contributed by atoms with E-state index in [1.54, 1.807) is 12.1 Å². The van der Waals surface area contributed by atoms with E-state index in [1.165, 1.54) is 11.6 Å². The van der Waals surface area contributed by atoms with Crippen molar-refractivity contribution in [2.24, 2.45) is 5.73 Å². The molecule has 0 fully saturated rings. The number of nitro groups is 1. The van der Waals surface area contributed by atoms with E-state index in [4.69, 9.17) is 5.73 Å². The average molecular weight is 269 g/mol. The molecular weight excluding hydrogens is 254 g/mol. The number of nitro benzene ring substituents is 1. The van der Waals surface area contributed by atoms with E-state index in [0.717, 1.165) is 17.8 Å². The summed E-state index contributed by atoms with van der Waals surface area (Å²) >= 11 is 0. The maximum absolute atomic E-state index is 10.8. The van der Waals surface area contributed by atoms with E-state index in [1.807, 2.05) is 18.2 Å². The predicted octanol–water partition coefficient (Wildman–Crippen LogP) is 2.61. The summed E-state index contributed by atoms with van der Waals surface area (Å²) in [6, 6.07) is 14.9. The molecule has 0 saturated heterocycles. The third-order valence-corrected chi connectivity index (χ3v) is 3.60. The molecule has 2 aromatic carbocycles. The van der Waals surface area contributed by atoms with Gasteiger partial charge < -0.3 is 10.6 Å². The number of hydrogen-bond acceptors (Lipinski definition) is 4. The van der Waals surface area contributed by atoms with E-state index in [-0.39, 0.29) is 16.7 Å². The number of nitrogens with zero attached hydrogens (tertiary/aromatic N) is 2. The van der Waals surface area contributed by atoms with Gasteiger partial charge in [0, 0.05) is 42.5 Å². The molecular formula is C15H15N3O2. The molecule has 3 rings (SSSR count). The zero-order valence-electron chi connectivity index (χ0n) is 10.9. The summed E-state index contributed by atoms with van der Waals surface area (Å²) in [4.78, 5) is 12.6. The minimum atomic E-state index is -0.382. The Morgan fingerprint density at radius 2 is 2.00 bits per heavy atom. The number of anilines is 1. The van der Waals surface area contributed by atoms with Crippen molar-refractivity contribution in [2.75, 3.05) is 11.4 Å². The number of hydrogen-bond donors (Lipinski definition) is 1. The first kappa shape index (κ1) is 12.6. The molecule has 0 radical (unpaired) electrons. The minimum Gasteiger partial charge on any atom is -0.365 e. The van der Waals surface area contributed by atoms with Crippen LogP contribution in [0, 0.1) is 10.1 Å². The van der Waals surface area contributed by atoms with Crippen LogP contribution in [-0.2, 0) is 6.54 Å². The van der Waals surface area contributed by atoms with Crippen molar-refractivity contribution < 1.29 is 4.92 Å². The first-order valence-electron chi connectivity index (χ1n) is 6.48. The molecule has 0 amide bonds. The lowest BCUT2D eigenvalue weighted by Gasteiger charge is -2.19. The highest BCUT2D eigenvalue weighted by atomic mass is 16.6. The molecule has 102 valence electrons. The summed E-state index contributed by atoms with van der Waals surface area (Å²) in [7, 11) is 0. The average Bonchev–Trinajstić information content (AvgIpc) is 2.76. The molecule has 1 aliphatic rings. The number of rotatable bonds is 3. The largest absolute Gasteiger partial charge is 0.365 e. The summed E-state index contributed by atoms with van der Waals surface area (Å²) in [5, 5.41) is 10.8.